The van der Waals surface area contributed by atoms with Crippen LogP contribution in [0.4, 0.5) is 4.39 Å². The van der Waals surface area contributed by atoms with Gasteiger partial charge in [0.15, 0.2) is 0 Å². The van der Waals surface area contributed by atoms with Gasteiger partial charge in [-0.2, -0.15) is 10.4 Å². The number of rotatable bonds is 3. The second kappa shape index (κ2) is 5.01. The molecule has 1 heterocycles. The van der Waals surface area contributed by atoms with Gasteiger partial charge in [-0.3, -0.25) is 0 Å². The number of nitriles is 1. The largest absolute Gasteiger partial charge is 0.478 e. The Hall–Kier alpha value is -2.88. The van der Waals surface area contributed by atoms with Gasteiger partial charge in [0.1, 0.15) is 28.8 Å². The Morgan fingerprint density at radius 2 is 2.25 bits per heavy atom. The molecule has 1 N–H and O–H groups in total. The molecule has 102 valence electrons. The first-order valence-corrected chi connectivity index (χ1v) is 5.58. The highest BCUT2D eigenvalue weighted by atomic mass is 19.1. The number of aromatic nitrogens is 2. The van der Waals surface area contributed by atoms with E-state index >= 15 is 0 Å². The molecule has 2 rings (SSSR count). The summed E-state index contributed by atoms with van der Waals surface area (Å²) >= 11 is 0. The standard InChI is InChI=1S/C13H10FN3O3/c1-7-10(6-15)12(17(2)16-7)20-11-5-8(14)3-4-9(11)13(18)19/h3-5H,1-2H3,(H,18,19). The van der Waals surface area contributed by atoms with Crippen LogP contribution in [0.2, 0.25) is 0 Å². The van der Waals surface area contributed by atoms with Crippen LogP contribution in [0.3, 0.4) is 0 Å². The predicted octanol–water partition coefficient (Wildman–Crippen LogP) is 2.23. The van der Waals surface area contributed by atoms with Crippen LogP contribution in [0.1, 0.15) is 21.6 Å². The number of carboxylic acids is 1. The van der Waals surface area contributed by atoms with E-state index in [0.29, 0.717) is 5.69 Å². The van der Waals surface area contributed by atoms with E-state index in [1.54, 1.807) is 14.0 Å². The van der Waals surface area contributed by atoms with Crippen molar-refractivity contribution in [2.75, 3.05) is 0 Å². The van der Waals surface area contributed by atoms with Gasteiger partial charge in [0, 0.05) is 13.1 Å². The Morgan fingerprint density at radius 1 is 1.55 bits per heavy atom. The van der Waals surface area contributed by atoms with Crippen LogP contribution in [0.25, 0.3) is 0 Å². The van der Waals surface area contributed by atoms with Crippen LogP contribution >= 0.6 is 0 Å². The Labute approximate surface area is 113 Å². The van der Waals surface area contributed by atoms with Crippen molar-refractivity contribution in [3.63, 3.8) is 0 Å². The molecule has 0 bridgehead atoms. The lowest BCUT2D eigenvalue weighted by atomic mass is 10.2. The van der Waals surface area contributed by atoms with Crippen LogP contribution in [0.5, 0.6) is 11.6 Å². The molecule has 1 aromatic carbocycles. The van der Waals surface area contributed by atoms with Crippen molar-refractivity contribution in [1.82, 2.24) is 9.78 Å². The molecule has 0 aliphatic rings. The quantitative estimate of drug-likeness (QED) is 0.927. The maximum Gasteiger partial charge on any atom is 0.339 e. The molecule has 0 amide bonds. The summed E-state index contributed by atoms with van der Waals surface area (Å²) in [5.41, 5.74) is 0.417. The fraction of sp³-hybridized carbons (Fsp3) is 0.154. The van der Waals surface area contributed by atoms with Crippen molar-refractivity contribution >= 4 is 5.97 Å². The molecular formula is C13H10FN3O3. The first-order chi connectivity index (χ1) is 9.43. The third-order valence-electron chi connectivity index (χ3n) is 2.66. The molecule has 0 saturated heterocycles. The molecule has 0 saturated carbocycles. The molecule has 7 heteroatoms. The van der Waals surface area contributed by atoms with Crippen molar-refractivity contribution in [2.24, 2.45) is 7.05 Å². The molecular weight excluding hydrogens is 265 g/mol. The lowest BCUT2D eigenvalue weighted by molar-refractivity contribution is 0.0694. The summed E-state index contributed by atoms with van der Waals surface area (Å²) in [6.07, 6.45) is 0. The van der Waals surface area contributed by atoms with Gasteiger partial charge in [0.05, 0.1) is 5.69 Å². The van der Waals surface area contributed by atoms with Gasteiger partial charge >= 0.3 is 5.97 Å². The number of carbonyl (C=O) groups is 1. The Bertz CT molecular complexity index is 731. The van der Waals surface area contributed by atoms with E-state index in [0.717, 1.165) is 18.2 Å². The SMILES string of the molecule is Cc1nn(C)c(Oc2cc(F)ccc2C(=O)O)c1C#N. The zero-order chi connectivity index (χ0) is 14.9. The molecule has 0 atom stereocenters. The minimum atomic E-state index is -1.25. The summed E-state index contributed by atoms with van der Waals surface area (Å²) in [4.78, 5) is 11.1. The van der Waals surface area contributed by atoms with Crippen LogP contribution in [0.15, 0.2) is 18.2 Å². The second-order valence-electron chi connectivity index (χ2n) is 4.05. The zero-order valence-electron chi connectivity index (χ0n) is 10.7. The molecule has 20 heavy (non-hydrogen) atoms. The molecule has 0 fully saturated rings. The van der Waals surface area contributed by atoms with E-state index < -0.39 is 11.8 Å². The van der Waals surface area contributed by atoms with Gasteiger partial charge in [-0.1, -0.05) is 0 Å². The van der Waals surface area contributed by atoms with Gasteiger partial charge in [-0.05, 0) is 19.1 Å². The van der Waals surface area contributed by atoms with Gasteiger partial charge < -0.3 is 9.84 Å². The summed E-state index contributed by atoms with van der Waals surface area (Å²) in [6, 6.07) is 4.99. The van der Waals surface area contributed by atoms with Crippen molar-refractivity contribution in [2.45, 2.75) is 6.92 Å². The van der Waals surface area contributed by atoms with E-state index in [2.05, 4.69) is 5.10 Å². The van der Waals surface area contributed by atoms with Gasteiger partial charge in [-0.25, -0.2) is 13.9 Å². The van der Waals surface area contributed by atoms with Crippen molar-refractivity contribution < 1.29 is 19.0 Å². The monoisotopic (exact) mass is 275 g/mol. The summed E-state index contributed by atoms with van der Waals surface area (Å²) in [6.45, 7) is 1.62. The smallest absolute Gasteiger partial charge is 0.339 e. The maximum absolute atomic E-state index is 13.2. The highest BCUT2D eigenvalue weighted by Gasteiger charge is 2.19. The minimum Gasteiger partial charge on any atom is -0.478 e. The number of ether oxygens (including phenoxy) is 1. The average molecular weight is 275 g/mol. The molecule has 0 aliphatic heterocycles. The lowest BCUT2D eigenvalue weighted by Crippen LogP contribution is -2.03. The number of benzene rings is 1. The van der Waals surface area contributed by atoms with Gasteiger partial charge in [0.25, 0.3) is 0 Å². The first kappa shape index (κ1) is 13.5. The third-order valence-corrected chi connectivity index (χ3v) is 2.66. The van der Waals surface area contributed by atoms with Crippen LogP contribution in [-0.2, 0) is 7.05 Å². The summed E-state index contributed by atoms with van der Waals surface area (Å²) in [5, 5.41) is 22.1. The molecule has 2 aromatic rings. The van der Waals surface area contributed by atoms with Crippen LogP contribution < -0.4 is 4.74 Å². The lowest BCUT2D eigenvalue weighted by Gasteiger charge is -2.09. The van der Waals surface area contributed by atoms with Gasteiger partial charge in [0.2, 0.25) is 5.88 Å². The van der Waals surface area contributed by atoms with Crippen molar-refractivity contribution in [3.8, 4) is 17.7 Å². The summed E-state index contributed by atoms with van der Waals surface area (Å²) < 4.78 is 19.9. The van der Waals surface area contributed by atoms with E-state index in [-0.39, 0.29) is 22.8 Å². The summed E-state index contributed by atoms with van der Waals surface area (Å²) in [7, 11) is 1.54. The number of hydrogen-bond donors (Lipinski definition) is 1. The van der Waals surface area contributed by atoms with E-state index in [4.69, 9.17) is 15.1 Å². The number of nitrogens with zero attached hydrogens (tertiary/aromatic N) is 3. The van der Waals surface area contributed by atoms with E-state index in [1.165, 1.54) is 4.68 Å². The number of hydrogen-bond acceptors (Lipinski definition) is 4. The zero-order valence-corrected chi connectivity index (χ0v) is 10.7. The number of aromatic carboxylic acids is 1. The molecule has 6 nitrogen and oxygen atoms in total. The van der Waals surface area contributed by atoms with Crippen molar-refractivity contribution in [1.29, 1.82) is 5.26 Å². The van der Waals surface area contributed by atoms with Crippen LogP contribution in [0, 0.1) is 24.1 Å². The molecule has 1 aromatic heterocycles. The molecule has 0 radical (unpaired) electrons. The normalized spacial score (nSPS) is 10.1. The maximum atomic E-state index is 13.2. The predicted molar refractivity (Wildman–Crippen MR) is 66.1 cm³/mol. The number of carboxylic acid groups (broad SMARTS) is 1. The third kappa shape index (κ3) is 2.31. The highest BCUT2D eigenvalue weighted by molar-refractivity contribution is 5.91. The molecule has 0 unspecified atom stereocenters. The topological polar surface area (TPSA) is 88.1 Å². The van der Waals surface area contributed by atoms with E-state index in [1.807, 2.05) is 6.07 Å². The first-order valence-electron chi connectivity index (χ1n) is 5.58. The fourth-order valence-corrected chi connectivity index (χ4v) is 1.74. The number of aryl methyl sites for hydroxylation is 2. The number of halogens is 1. The average Bonchev–Trinajstić information content (AvgIpc) is 2.63. The molecule has 0 aliphatic carbocycles. The Kier molecular flexibility index (Phi) is 3.39. The fourth-order valence-electron chi connectivity index (χ4n) is 1.74. The van der Waals surface area contributed by atoms with Crippen LogP contribution in [-0.4, -0.2) is 20.9 Å². The Morgan fingerprint density at radius 3 is 2.85 bits per heavy atom. The highest BCUT2D eigenvalue weighted by Crippen LogP contribution is 2.29. The van der Waals surface area contributed by atoms with Gasteiger partial charge in [-0.15, -0.1) is 0 Å². The minimum absolute atomic E-state index is 0.0677. The second-order valence-corrected chi connectivity index (χ2v) is 4.05. The van der Waals surface area contributed by atoms with Crippen molar-refractivity contribution in [3.05, 3.63) is 40.8 Å². The Balaban J connectivity index is 2.53. The summed E-state index contributed by atoms with van der Waals surface area (Å²) in [5.74, 6) is -2.00. The van der Waals surface area contributed by atoms with E-state index in [9.17, 15) is 9.18 Å². The molecule has 0 spiro atoms.